The van der Waals surface area contributed by atoms with E-state index < -0.39 is 10.0 Å². The molecule has 2 aromatic carbocycles. The second-order valence-electron chi connectivity index (χ2n) is 6.55. The van der Waals surface area contributed by atoms with E-state index in [9.17, 15) is 22.8 Å². The van der Waals surface area contributed by atoms with Crippen molar-refractivity contribution >= 4 is 39.0 Å². The molecule has 1 aliphatic rings. The quantitative estimate of drug-likeness (QED) is 0.573. The van der Waals surface area contributed by atoms with Gasteiger partial charge in [0.2, 0.25) is 11.8 Å². The monoisotopic (exact) mass is 416 g/mol. The Morgan fingerprint density at radius 2 is 1.66 bits per heavy atom. The Kier molecular flexibility index (Phi) is 5.69. The van der Waals surface area contributed by atoms with E-state index in [1.165, 1.54) is 56.5 Å². The van der Waals surface area contributed by atoms with Gasteiger partial charge >= 0.3 is 0 Å². The first kappa shape index (κ1) is 20.5. The third-order valence-electron chi connectivity index (χ3n) is 4.52. The Labute approximate surface area is 168 Å². The van der Waals surface area contributed by atoms with Gasteiger partial charge in [-0.2, -0.15) is 0 Å². The largest absolute Gasteiger partial charge is 0.495 e. The molecule has 0 aromatic heterocycles. The summed E-state index contributed by atoms with van der Waals surface area (Å²) in [4.78, 5) is 36.5. The number of Topliss-reactive ketones (excluding diaryl/α,β-unsaturated/α-hetero) is 1. The third kappa shape index (κ3) is 4.29. The van der Waals surface area contributed by atoms with Crippen LogP contribution < -0.4 is 14.4 Å². The molecule has 0 aliphatic carbocycles. The molecule has 1 saturated heterocycles. The Bertz CT molecular complexity index is 1060. The molecule has 0 spiro atoms. The van der Waals surface area contributed by atoms with E-state index in [1.807, 2.05) is 0 Å². The lowest BCUT2D eigenvalue weighted by molar-refractivity contribution is -0.129. The van der Waals surface area contributed by atoms with Crippen molar-refractivity contribution in [3.63, 3.8) is 0 Å². The summed E-state index contributed by atoms with van der Waals surface area (Å²) in [5.74, 6) is -0.812. The highest BCUT2D eigenvalue weighted by Crippen LogP contribution is 2.32. The highest BCUT2D eigenvalue weighted by atomic mass is 32.2. The second kappa shape index (κ2) is 8.04. The van der Waals surface area contributed by atoms with Crippen molar-refractivity contribution in [1.82, 2.24) is 0 Å². The number of ether oxygens (including phenoxy) is 1. The minimum atomic E-state index is -4.09. The number of sulfonamides is 1. The normalized spacial score (nSPS) is 14.6. The van der Waals surface area contributed by atoms with Crippen molar-refractivity contribution in [1.29, 1.82) is 0 Å². The zero-order valence-electron chi connectivity index (χ0n) is 16.0. The molecule has 9 heteroatoms. The number of carbonyl (C=O) groups excluding carboxylic acids is 3. The molecule has 3 rings (SSSR count). The van der Waals surface area contributed by atoms with Gasteiger partial charge in [0.25, 0.3) is 10.0 Å². The Morgan fingerprint density at radius 3 is 2.21 bits per heavy atom. The standard InChI is InChI=1S/C20H20N2O6S/c1-13(23)14-6-8-15(9-7-14)21-29(26,27)18-12-16(10-11-17(18)28-2)22-19(24)4-3-5-20(22)25/h6-12,21H,3-5H2,1-2H3. The van der Waals surface area contributed by atoms with Crippen molar-refractivity contribution in [2.24, 2.45) is 0 Å². The summed E-state index contributed by atoms with van der Waals surface area (Å²) < 4.78 is 33.5. The maximum Gasteiger partial charge on any atom is 0.265 e. The first-order valence-corrected chi connectivity index (χ1v) is 10.4. The maximum atomic E-state index is 13.0. The average Bonchev–Trinajstić information content (AvgIpc) is 2.68. The van der Waals surface area contributed by atoms with Gasteiger partial charge in [-0.15, -0.1) is 0 Å². The minimum Gasteiger partial charge on any atom is -0.495 e. The van der Waals surface area contributed by atoms with Crippen LogP contribution in [0, 0.1) is 0 Å². The highest BCUT2D eigenvalue weighted by Gasteiger charge is 2.29. The molecule has 8 nitrogen and oxygen atoms in total. The zero-order chi connectivity index (χ0) is 21.2. The number of ketones is 1. The fourth-order valence-electron chi connectivity index (χ4n) is 3.04. The molecule has 0 unspecified atom stereocenters. The van der Waals surface area contributed by atoms with E-state index in [1.54, 1.807) is 0 Å². The summed E-state index contributed by atoms with van der Waals surface area (Å²) in [6.45, 7) is 1.42. The van der Waals surface area contributed by atoms with Crippen molar-refractivity contribution in [2.45, 2.75) is 31.1 Å². The molecule has 2 aromatic rings. The molecule has 0 bridgehead atoms. The lowest BCUT2D eigenvalue weighted by Gasteiger charge is -2.25. The molecule has 0 radical (unpaired) electrons. The van der Waals surface area contributed by atoms with Gasteiger partial charge < -0.3 is 4.74 Å². The Balaban J connectivity index is 1.98. The smallest absolute Gasteiger partial charge is 0.265 e. The van der Waals surface area contributed by atoms with E-state index in [0.29, 0.717) is 12.0 Å². The molecular weight excluding hydrogens is 396 g/mol. The van der Waals surface area contributed by atoms with Crippen LogP contribution in [-0.4, -0.2) is 33.1 Å². The predicted octanol–water partition coefficient (Wildman–Crippen LogP) is 2.74. The molecule has 152 valence electrons. The van der Waals surface area contributed by atoms with Gasteiger partial charge in [-0.05, 0) is 55.8 Å². The number of amides is 2. The number of nitrogens with one attached hydrogen (secondary N) is 1. The van der Waals surface area contributed by atoms with Crippen LogP contribution in [0.25, 0.3) is 0 Å². The van der Waals surface area contributed by atoms with Crippen LogP contribution in [0.1, 0.15) is 36.5 Å². The number of carbonyl (C=O) groups is 3. The summed E-state index contributed by atoms with van der Waals surface area (Å²) in [6.07, 6.45) is 0.925. The Morgan fingerprint density at radius 1 is 1.03 bits per heavy atom. The number of piperidine rings is 1. The molecule has 1 aliphatic heterocycles. The van der Waals surface area contributed by atoms with E-state index in [2.05, 4.69) is 4.72 Å². The molecule has 0 atom stereocenters. The van der Waals surface area contributed by atoms with Crippen molar-refractivity contribution in [3.8, 4) is 5.75 Å². The van der Waals surface area contributed by atoms with Crippen LogP contribution in [0.15, 0.2) is 47.4 Å². The van der Waals surface area contributed by atoms with Crippen LogP contribution in [0.3, 0.4) is 0 Å². The summed E-state index contributed by atoms with van der Waals surface area (Å²) in [5.41, 5.74) is 0.884. The van der Waals surface area contributed by atoms with Gasteiger partial charge in [-0.3, -0.25) is 24.0 Å². The minimum absolute atomic E-state index is 0.0681. The number of hydrogen-bond donors (Lipinski definition) is 1. The maximum absolute atomic E-state index is 13.0. The molecular formula is C20H20N2O6S. The third-order valence-corrected chi connectivity index (χ3v) is 5.92. The summed E-state index contributed by atoms with van der Waals surface area (Å²) in [6, 6.07) is 10.1. The number of benzene rings is 2. The summed E-state index contributed by atoms with van der Waals surface area (Å²) >= 11 is 0. The summed E-state index contributed by atoms with van der Waals surface area (Å²) in [7, 11) is -2.77. The molecule has 1 heterocycles. The van der Waals surface area contributed by atoms with Gasteiger partial charge in [0.1, 0.15) is 10.6 Å². The zero-order valence-corrected chi connectivity index (χ0v) is 16.8. The van der Waals surface area contributed by atoms with E-state index in [4.69, 9.17) is 4.74 Å². The topological polar surface area (TPSA) is 110 Å². The number of rotatable bonds is 6. The van der Waals surface area contributed by atoms with Crippen LogP contribution in [0.2, 0.25) is 0 Å². The van der Waals surface area contributed by atoms with E-state index in [-0.39, 0.29) is 52.5 Å². The lowest BCUT2D eigenvalue weighted by Crippen LogP contribution is -2.40. The fourth-order valence-corrected chi connectivity index (χ4v) is 4.29. The average molecular weight is 416 g/mol. The van der Waals surface area contributed by atoms with Gasteiger partial charge in [0.15, 0.2) is 5.78 Å². The lowest BCUT2D eigenvalue weighted by atomic mass is 10.1. The van der Waals surface area contributed by atoms with Gasteiger partial charge in [-0.25, -0.2) is 8.42 Å². The van der Waals surface area contributed by atoms with E-state index >= 15 is 0 Å². The SMILES string of the molecule is COc1ccc(N2C(=O)CCCC2=O)cc1S(=O)(=O)Nc1ccc(C(C)=O)cc1. The number of anilines is 2. The Hall–Kier alpha value is -3.20. The number of nitrogens with zero attached hydrogens (tertiary/aromatic N) is 1. The van der Waals surface area contributed by atoms with Crippen molar-refractivity contribution in [3.05, 3.63) is 48.0 Å². The van der Waals surface area contributed by atoms with Crippen LogP contribution in [-0.2, 0) is 19.6 Å². The van der Waals surface area contributed by atoms with Crippen LogP contribution in [0.4, 0.5) is 11.4 Å². The fraction of sp³-hybridized carbons (Fsp3) is 0.250. The molecule has 2 amide bonds. The van der Waals surface area contributed by atoms with Crippen molar-refractivity contribution in [2.75, 3.05) is 16.7 Å². The molecule has 1 fully saturated rings. The molecule has 1 N–H and O–H groups in total. The number of methoxy groups -OCH3 is 1. The number of imide groups is 1. The van der Waals surface area contributed by atoms with Crippen LogP contribution >= 0.6 is 0 Å². The predicted molar refractivity (Wildman–Crippen MR) is 107 cm³/mol. The number of hydrogen-bond acceptors (Lipinski definition) is 6. The second-order valence-corrected chi connectivity index (χ2v) is 8.20. The van der Waals surface area contributed by atoms with Gasteiger partial charge in [-0.1, -0.05) is 0 Å². The first-order chi connectivity index (χ1) is 13.7. The molecule has 29 heavy (non-hydrogen) atoms. The summed E-state index contributed by atoms with van der Waals surface area (Å²) in [5, 5.41) is 0. The highest BCUT2D eigenvalue weighted by molar-refractivity contribution is 7.92. The van der Waals surface area contributed by atoms with Gasteiger partial charge in [0, 0.05) is 24.1 Å². The molecule has 0 saturated carbocycles. The van der Waals surface area contributed by atoms with Crippen molar-refractivity contribution < 1.29 is 27.5 Å². The first-order valence-electron chi connectivity index (χ1n) is 8.90. The van der Waals surface area contributed by atoms with Gasteiger partial charge in [0.05, 0.1) is 12.8 Å². The van der Waals surface area contributed by atoms with Crippen LogP contribution in [0.5, 0.6) is 5.75 Å². The van der Waals surface area contributed by atoms with E-state index in [0.717, 1.165) is 4.90 Å².